The smallest absolute Gasteiger partial charge is 0.102 e. The van der Waals surface area contributed by atoms with E-state index >= 15 is 0 Å². The molecule has 0 amide bonds. The van der Waals surface area contributed by atoms with Crippen molar-refractivity contribution >= 4 is 29.8 Å². The van der Waals surface area contributed by atoms with Gasteiger partial charge in [0.1, 0.15) is 15.9 Å². The second-order valence-electron chi connectivity index (χ2n) is 6.46. The molecule has 26 heavy (non-hydrogen) atoms. The summed E-state index contributed by atoms with van der Waals surface area (Å²) in [5, 5.41) is 13.2. The van der Waals surface area contributed by atoms with Gasteiger partial charge in [0.15, 0.2) is 0 Å². The minimum Gasteiger partial charge on any atom is -0.550 e. The Morgan fingerprint density at radius 3 is 1.00 bits per heavy atom. The van der Waals surface area contributed by atoms with Crippen LogP contribution in [-0.4, -0.2) is 5.97 Å². The highest BCUT2D eigenvalue weighted by atomic mass is 31.1. The lowest BCUT2D eigenvalue weighted by atomic mass is 10.2. The Morgan fingerprint density at radius 1 is 0.615 bits per heavy atom. The Bertz CT molecular complexity index is 723. The fourth-order valence-corrected chi connectivity index (χ4v) is 5.16. The van der Waals surface area contributed by atoms with E-state index in [-0.39, 0.29) is 0 Å². The first-order valence-electron chi connectivity index (χ1n) is 8.62. The van der Waals surface area contributed by atoms with Gasteiger partial charge in [0.05, 0.1) is 7.92 Å². The van der Waals surface area contributed by atoms with Crippen molar-refractivity contribution in [2.24, 2.45) is 0 Å². The van der Waals surface area contributed by atoms with E-state index < -0.39 is 13.9 Å². The van der Waals surface area contributed by atoms with Crippen LogP contribution in [0.2, 0.25) is 0 Å². The number of aliphatic carboxylic acids is 1. The molecule has 0 aromatic heterocycles. The molecule has 0 radical (unpaired) electrons. The zero-order valence-corrected chi connectivity index (χ0v) is 16.7. The predicted octanol–water partition coefficient (Wildman–Crippen LogP) is 2.86. The van der Waals surface area contributed by atoms with E-state index in [1.54, 1.807) is 0 Å². The Labute approximate surface area is 157 Å². The van der Waals surface area contributed by atoms with Crippen LogP contribution in [0.1, 0.15) is 23.6 Å². The largest absolute Gasteiger partial charge is 0.550 e. The van der Waals surface area contributed by atoms with Gasteiger partial charge in [0, 0.05) is 5.97 Å². The van der Waals surface area contributed by atoms with Gasteiger partial charge in [-0.3, -0.25) is 0 Å². The highest BCUT2D eigenvalue weighted by molar-refractivity contribution is 7.79. The van der Waals surface area contributed by atoms with Crippen LogP contribution in [-0.2, 0) is 4.79 Å². The molecule has 3 rings (SSSR count). The van der Waals surface area contributed by atoms with E-state index in [1.807, 2.05) is 0 Å². The number of benzene rings is 3. The summed E-state index contributed by atoms with van der Waals surface area (Å²) in [5.74, 6) is -1.08. The minimum absolute atomic E-state index is 0.927. The first-order valence-corrected chi connectivity index (χ1v) is 10.1. The monoisotopic (exact) mass is 364 g/mol. The molecule has 0 aliphatic heterocycles. The average molecular weight is 364 g/mol. The third-order valence-corrected chi connectivity index (χ3v) is 6.75. The summed E-state index contributed by atoms with van der Waals surface area (Å²) in [6, 6.07) is 27.1. The summed E-state index contributed by atoms with van der Waals surface area (Å²) in [5.41, 5.74) is 3.95. The van der Waals surface area contributed by atoms with E-state index in [2.05, 4.69) is 93.6 Å². The van der Waals surface area contributed by atoms with E-state index in [1.165, 1.54) is 32.6 Å². The van der Waals surface area contributed by atoms with E-state index in [9.17, 15) is 0 Å². The Balaban J connectivity index is 0.000000552. The fourth-order valence-electron chi connectivity index (χ4n) is 2.66. The number of aryl methyl sites for hydroxylation is 3. The second kappa shape index (κ2) is 9.31. The second-order valence-corrected chi connectivity index (χ2v) is 8.95. The van der Waals surface area contributed by atoms with Gasteiger partial charge in [-0.1, -0.05) is 53.1 Å². The molecular formula is C23H25O2P. The van der Waals surface area contributed by atoms with Gasteiger partial charge in [0.25, 0.3) is 0 Å². The number of carboxylic acids is 1. The molecule has 3 aromatic carbocycles. The van der Waals surface area contributed by atoms with Gasteiger partial charge in [-0.25, -0.2) is 0 Å². The molecule has 2 nitrogen and oxygen atoms in total. The van der Waals surface area contributed by atoms with Crippen LogP contribution in [0.4, 0.5) is 0 Å². The van der Waals surface area contributed by atoms with Crippen molar-refractivity contribution in [1.29, 1.82) is 0 Å². The molecular weight excluding hydrogens is 339 g/mol. The zero-order valence-electron chi connectivity index (χ0n) is 15.7. The number of carbonyl (C=O) groups is 1. The fraction of sp³-hybridized carbons (Fsp3) is 0.174. The quantitative estimate of drug-likeness (QED) is 0.671. The number of carboxylic acid groups (broad SMARTS) is 1. The molecule has 0 unspecified atom stereocenters. The SMILES string of the molecule is CC(=O)[O-].Cc1ccc([PH+](c2ccc(C)cc2)c2ccc(C)cc2)cc1. The maximum Gasteiger partial charge on any atom is 0.102 e. The average Bonchev–Trinajstić information content (AvgIpc) is 2.60. The van der Waals surface area contributed by atoms with Crippen LogP contribution in [0.5, 0.6) is 0 Å². The first-order chi connectivity index (χ1) is 12.4. The van der Waals surface area contributed by atoms with Crippen molar-refractivity contribution < 1.29 is 9.90 Å². The van der Waals surface area contributed by atoms with E-state index in [0.29, 0.717) is 0 Å². The molecule has 0 N–H and O–H groups in total. The summed E-state index contributed by atoms with van der Waals surface area (Å²) in [6.45, 7) is 7.41. The summed E-state index contributed by atoms with van der Waals surface area (Å²) in [6.07, 6.45) is 0. The number of hydrogen-bond acceptors (Lipinski definition) is 2. The normalized spacial score (nSPS) is 10.2. The molecule has 0 saturated carbocycles. The van der Waals surface area contributed by atoms with Crippen molar-refractivity contribution in [3.63, 3.8) is 0 Å². The van der Waals surface area contributed by atoms with Crippen LogP contribution in [0, 0.1) is 20.8 Å². The minimum atomic E-state index is -1.08. The van der Waals surface area contributed by atoms with Gasteiger partial charge in [-0.2, -0.15) is 0 Å². The van der Waals surface area contributed by atoms with Crippen molar-refractivity contribution in [2.75, 3.05) is 0 Å². The highest BCUT2D eigenvalue weighted by Crippen LogP contribution is 2.32. The van der Waals surface area contributed by atoms with Crippen molar-refractivity contribution in [1.82, 2.24) is 0 Å². The highest BCUT2D eigenvalue weighted by Gasteiger charge is 2.25. The Kier molecular flexibility index (Phi) is 7.12. The lowest BCUT2D eigenvalue weighted by molar-refractivity contribution is -0.302. The first kappa shape index (κ1) is 19.9. The number of carbonyl (C=O) groups excluding carboxylic acids is 1. The Morgan fingerprint density at radius 2 is 0.808 bits per heavy atom. The number of hydrogen-bond donors (Lipinski definition) is 0. The molecule has 0 aliphatic carbocycles. The molecule has 0 spiro atoms. The summed E-state index contributed by atoms with van der Waals surface area (Å²) >= 11 is 0. The lowest BCUT2D eigenvalue weighted by Crippen LogP contribution is -2.20. The summed E-state index contributed by atoms with van der Waals surface area (Å²) in [4.78, 5) is 8.89. The third kappa shape index (κ3) is 5.82. The topological polar surface area (TPSA) is 40.1 Å². The van der Waals surface area contributed by atoms with Crippen LogP contribution in [0.3, 0.4) is 0 Å². The van der Waals surface area contributed by atoms with Gasteiger partial charge in [-0.15, -0.1) is 0 Å². The van der Waals surface area contributed by atoms with Gasteiger partial charge < -0.3 is 9.90 Å². The lowest BCUT2D eigenvalue weighted by Gasteiger charge is -2.11. The van der Waals surface area contributed by atoms with E-state index in [0.717, 1.165) is 6.92 Å². The van der Waals surface area contributed by atoms with Crippen LogP contribution >= 0.6 is 7.92 Å². The maximum atomic E-state index is 8.89. The molecule has 0 aliphatic rings. The zero-order chi connectivity index (χ0) is 19.1. The van der Waals surface area contributed by atoms with Crippen LogP contribution in [0.25, 0.3) is 0 Å². The van der Waals surface area contributed by atoms with E-state index in [4.69, 9.17) is 9.90 Å². The number of rotatable bonds is 3. The Hall–Kier alpha value is -2.44. The molecule has 3 heteroatoms. The van der Waals surface area contributed by atoms with Crippen molar-refractivity contribution in [3.8, 4) is 0 Å². The van der Waals surface area contributed by atoms with Crippen molar-refractivity contribution in [3.05, 3.63) is 89.5 Å². The van der Waals surface area contributed by atoms with Gasteiger partial charge in [-0.05, 0) is 64.1 Å². The summed E-state index contributed by atoms with van der Waals surface area (Å²) < 4.78 is 0. The maximum absolute atomic E-state index is 8.89. The molecule has 134 valence electrons. The van der Waals surface area contributed by atoms with Crippen LogP contribution < -0.4 is 21.0 Å². The third-order valence-electron chi connectivity index (χ3n) is 4.02. The van der Waals surface area contributed by atoms with Gasteiger partial charge >= 0.3 is 0 Å². The van der Waals surface area contributed by atoms with Crippen LogP contribution in [0.15, 0.2) is 72.8 Å². The van der Waals surface area contributed by atoms with Gasteiger partial charge in [0.2, 0.25) is 0 Å². The molecule has 3 aromatic rings. The standard InChI is InChI=1S/C21H21P.C2H4O2/c1-16-4-10-19(11-5-16)22(20-12-6-17(2)7-13-20)21-14-8-18(3)9-15-21;1-2(3)4/h4-15H,1-3H3;1H3,(H,3,4). The van der Waals surface area contributed by atoms with Crippen molar-refractivity contribution in [2.45, 2.75) is 27.7 Å². The molecule has 0 atom stereocenters. The predicted molar refractivity (Wildman–Crippen MR) is 111 cm³/mol. The summed E-state index contributed by atoms with van der Waals surface area (Å²) in [7, 11) is -0.927. The molecule has 0 heterocycles. The molecule has 0 bridgehead atoms. The molecule has 0 fully saturated rings. The molecule has 0 saturated heterocycles.